The summed E-state index contributed by atoms with van der Waals surface area (Å²) in [6, 6.07) is 7.81. The van der Waals surface area contributed by atoms with Crippen LogP contribution in [-0.4, -0.2) is 20.2 Å². The van der Waals surface area contributed by atoms with E-state index < -0.39 is 0 Å². The van der Waals surface area contributed by atoms with Gasteiger partial charge in [-0.25, -0.2) is 4.68 Å². The lowest BCUT2D eigenvalue weighted by Crippen LogP contribution is -2.07. The van der Waals surface area contributed by atoms with E-state index in [0.29, 0.717) is 5.02 Å². The maximum absolute atomic E-state index is 6.27. The molecule has 1 atom stereocenters. The second-order valence-electron chi connectivity index (χ2n) is 4.42. The number of nitrogens with one attached hydrogen (secondary N) is 1. The summed E-state index contributed by atoms with van der Waals surface area (Å²) >= 11 is 11.5. The van der Waals surface area contributed by atoms with Gasteiger partial charge in [-0.05, 0) is 62.9 Å². The summed E-state index contributed by atoms with van der Waals surface area (Å²) in [5.74, 6) is 0. The van der Waals surface area contributed by atoms with Gasteiger partial charge in [-0.2, -0.15) is 0 Å². The summed E-state index contributed by atoms with van der Waals surface area (Å²) in [6.07, 6.45) is 1.55. The Morgan fingerprint density at radius 1 is 1.38 bits per heavy atom. The van der Waals surface area contributed by atoms with Crippen LogP contribution in [0.15, 0.2) is 40.4 Å². The third kappa shape index (κ3) is 3.09. The average molecular weight is 385 g/mol. The summed E-state index contributed by atoms with van der Waals surface area (Å²) < 4.78 is 2.69. The van der Waals surface area contributed by atoms with E-state index in [1.54, 1.807) is 22.3 Å². The molecule has 3 aromatic rings. The Labute approximate surface area is 139 Å². The first-order valence-electron chi connectivity index (χ1n) is 6.17. The van der Waals surface area contributed by atoms with Crippen LogP contribution in [0, 0.1) is 0 Å². The van der Waals surface area contributed by atoms with Crippen molar-refractivity contribution in [3.05, 3.63) is 50.3 Å². The highest BCUT2D eigenvalue weighted by Gasteiger charge is 2.13. The third-order valence-corrected chi connectivity index (χ3v) is 5.36. The Hall–Kier alpha value is -1.44. The molecule has 0 spiro atoms. The predicted molar refractivity (Wildman–Crippen MR) is 88.2 cm³/mol. The molecule has 0 amide bonds. The first-order valence-corrected chi connectivity index (χ1v) is 8.22. The summed E-state index contributed by atoms with van der Waals surface area (Å²) in [5.41, 5.74) is 1.70. The number of tetrazole rings is 1. The van der Waals surface area contributed by atoms with Crippen LogP contribution in [-0.2, 0) is 0 Å². The van der Waals surface area contributed by atoms with Gasteiger partial charge in [0.25, 0.3) is 0 Å². The van der Waals surface area contributed by atoms with E-state index in [1.165, 1.54) is 4.88 Å². The van der Waals surface area contributed by atoms with Crippen LogP contribution in [0.25, 0.3) is 5.69 Å². The normalized spacial score (nSPS) is 12.3. The SMILES string of the molecule is CC(Nc1cc(-n2cnnn2)ccc1Cl)c1sccc1Br. The van der Waals surface area contributed by atoms with Crippen molar-refractivity contribution in [3.63, 3.8) is 0 Å². The van der Waals surface area contributed by atoms with Gasteiger partial charge in [-0.3, -0.25) is 0 Å². The molecule has 0 aliphatic carbocycles. The van der Waals surface area contributed by atoms with Gasteiger partial charge in [-0.15, -0.1) is 16.4 Å². The molecule has 0 bridgehead atoms. The lowest BCUT2D eigenvalue weighted by molar-refractivity contribution is 0.788. The number of hydrogen-bond acceptors (Lipinski definition) is 5. The Morgan fingerprint density at radius 2 is 2.24 bits per heavy atom. The van der Waals surface area contributed by atoms with Gasteiger partial charge in [0.15, 0.2) is 0 Å². The number of nitrogens with zero attached hydrogens (tertiary/aromatic N) is 4. The van der Waals surface area contributed by atoms with Crippen LogP contribution in [0.2, 0.25) is 5.02 Å². The summed E-state index contributed by atoms with van der Waals surface area (Å²) in [5, 5.41) is 17.3. The number of aromatic nitrogens is 4. The smallest absolute Gasteiger partial charge is 0.143 e. The van der Waals surface area contributed by atoms with Crippen LogP contribution >= 0.6 is 38.9 Å². The predicted octanol–water partition coefficient (Wildman–Crippen LogP) is 4.31. The minimum absolute atomic E-state index is 0.140. The molecule has 0 radical (unpaired) electrons. The van der Waals surface area contributed by atoms with Crippen LogP contribution < -0.4 is 5.32 Å². The fourth-order valence-electron chi connectivity index (χ4n) is 1.96. The fourth-order valence-corrected chi connectivity index (χ4v) is 3.86. The van der Waals surface area contributed by atoms with Gasteiger partial charge in [0.05, 0.1) is 22.4 Å². The van der Waals surface area contributed by atoms with Gasteiger partial charge in [0, 0.05) is 9.35 Å². The number of thiophene rings is 1. The Balaban J connectivity index is 1.88. The zero-order valence-electron chi connectivity index (χ0n) is 11.0. The Kier molecular flexibility index (Phi) is 4.23. The molecule has 0 fully saturated rings. The lowest BCUT2D eigenvalue weighted by Gasteiger charge is -2.16. The van der Waals surface area contributed by atoms with E-state index >= 15 is 0 Å². The highest BCUT2D eigenvalue weighted by Crippen LogP contribution is 2.33. The standard InChI is InChI=1S/C13H11BrClN5S/c1-8(13-10(14)4-5-21-13)17-12-6-9(2-3-11(12)15)20-7-16-18-19-20/h2-8,17H,1H3. The van der Waals surface area contributed by atoms with Crippen molar-refractivity contribution in [2.45, 2.75) is 13.0 Å². The van der Waals surface area contributed by atoms with Crippen LogP contribution in [0.1, 0.15) is 17.8 Å². The lowest BCUT2D eigenvalue weighted by atomic mass is 10.2. The molecule has 3 rings (SSSR count). The highest BCUT2D eigenvalue weighted by atomic mass is 79.9. The summed E-state index contributed by atoms with van der Waals surface area (Å²) in [7, 11) is 0. The van der Waals surface area contributed by atoms with Crippen molar-refractivity contribution in [1.82, 2.24) is 20.2 Å². The minimum atomic E-state index is 0.140. The quantitative estimate of drug-likeness (QED) is 0.728. The summed E-state index contributed by atoms with van der Waals surface area (Å²) in [4.78, 5) is 1.22. The Morgan fingerprint density at radius 3 is 2.90 bits per heavy atom. The molecule has 8 heteroatoms. The largest absolute Gasteiger partial charge is 0.376 e. The summed E-state index contributed by atoms with van der Waals surface area (Å²) in [6.45, 7) is 2.09. The number of benzene rings is 1. The fraction of sp³-hybridized carbons (Fsp3) is 0.154. The average Bonchev–Trinajstić information content (AvgIpc) is 3.12. The van der Waals surface area contributed by atoms with Gasteiger partial charge in [0.2, 0.25) is 0 Å². The molecule has 1 N–H and O–H groups in total. The third-order valence-electron chi connectivity index (χ3n) is 2.97. The van der Waals surface area contributed by atoms with Crippen LogP contribution in [0.5, 0.6) is 0 Å². The first-order chi connectivity index (χ1) is 10.1. The molecule has 1 unspecified atom stereocenters. The second-order valence-corrected chi connectivity index (χ2v) is 6.63. The molecule has 108 valence electrons. The van der Waals surface area contributed by atoms with E-state index in [4.69, 9.17) is 11.6 Å². The molecule has 5 nitrogen and oxygen atoms in total. The number of rotatable bonds is 4. The topological polar surface area (TPSA) is 55.6 Å². The van der Waals surface area contributed by atoms with Crippen molar-refractivity contribution in [2.24, 2.45) is 0 Å². The minimum Gasteiger partial charge on any atom is -0.376 e. The van der Waals surface area contributed by atoms with Crippen molar-refractivity contribution in [3.8, 4) is 5.69 Å². The monoisotopic (exact) mass is 383 g/mol. The maximum Gasteiger partial charge on any atom is 0.143 e. The molecule has 1 aromatic carbocycles. The Bertz CT molecular complexity index is 743. The molecule has 0 saturated carbocycles. The van der Waals surface area contributed by atoms with E-state index in [-0.39, 0.29) is 6.04 Å². The molecular weight excluding hydrogens is 374 g/mol. The number of halogens is 2. The van der Waals surface area contributed by atoms with Gasteiger partial charge in [0.1, 0.15) is 6.33 Å². The number of anilines is 1. The molecule has 0 aliphatic heterocycles. The van der Waals surface area contributed by atoms with Crippen molar-refractivity contribution >= 4 is 44.6 Å². The maximum atomic E-state index is 6.27. The molecule has 21 heavy (non-hydrogen) atoms. The molecule has 0 saturated heterocycles. The number of hydrogen-bond donors (Lipinski definition) is 1. The second kappa shape index (κ2) is 6.13. The van der Waals surface area contributed by atoms with Crippen molar-refractivity contribution < 1.29 is 0 Å². The van der Waals surface area contributed by atoms with E-state index in [9.17, 15) is 0 Å². The molecule has 2 aromatic heterocycles. The van der Waals surface area contributed by atoms with Crippen molar-refractivity contribution in [1.29, 1.82) is 0 Å². The van der Waals surface area contributed by atoms with Crippen molar-refractivity contribution in [2.75, 3.05) is 5.32 Å². The first kappa shape index (κ1) is 14.5. The zero-order chi connectivity index (χ0) is 14.8. The molecular formula is C13H11BrClN5S. The van der Waals surface area contributed by atoms with Gasteiger partial charge in [-0.1, -0.05) is 11.6 Å². The molecule has 0 aliphatic rings. The van der Waals surface area contributed by atoms with E-state index in [0.717, 1.165) is 15.8 Å². The molecule has 2 heterocycles. The zero-order valence-corrected chi connectivity index (χ0v) is 14.2. The van der Waals surface area contributed by atoms with E-state index in [2.05, 4.69) is 49.1 Å². The van der Waals surface area contributed by atoms with E-state index in [1.807, 2.05) is 24.3 Å². The highest BCUT2D eigenvalue weighted by molar-refractivity contribution is 9.10. The van der Waals surface area contributed by atoms with Gasteiger partial charge >= 0.3 is 0 Å². The van der Waals surface area contributed by atoms with Gasteiger partial charge < -0.3 is 5.32 Å². The van der Waals surface area contributed by atoms with Crippen LogP contribution in [0.4, 0.5) is 5.69 Å². The van der Waals surface area contributed by atoms with Crippen LogP contribution in [0.3, 0.4) is 0 Å².